The zero-order valence-corrected chi connectivity index (χ0v) is 25.9. The van der Waals surface area contributed by atoms with Crippen LogP contribution in [-0.2, 0) is 15.0 Å². The smallest absolute Gasteiger partial charge is 0.262 e. The molecule has 2 N–H and O–H groups in total. The van der Waals surface area contributed by atoms with Gasteiger partial charge in [0.2, 0.25) is 11.8 Å². The lowest BCUT2D eigenvalue weighted by atomic mass is 9.78. The van der Waals surface area contributed by atoms with Crippen molar-refractivity contribution in [3.8, 4) is 17.2 Å². The van der Waals surface area contributed by atoms with E-state index in [4.69, 9.17) is 9.47 Å². The summed E-state index contributed by atoms with van der Waals surface area (Å²) in [5.74, 6) is 0.0483. The minimum atomic E-state index is -0.982. The third-order valence-corrected chi connectivity index (χ3v) is 9.13. The fraction of sp³-hybridized carbons (Fsp3) is 0.278. The standard InChI is InChI=1S/C36H33N5O6/c1-36(2,22-5-10-26(11-6-22)47-28-18-37-20-38-19-28)21-3-8-25(9-4-21)46-27-15-24(16-27)39-23-7-12-29-30(17-23)35(45)41(34(29)44)31-13-14-32(42)40-33(31)43/h3-12,17-20,24,27,31,39H,13-16H2,1-2H3,(H,40,42,43)/t24-,27-,31?. The number of carbonyl (C=O) groups is 4. The number of piperidine rings is 1. The third kappa shape index (κ3) is 5.92. The molecule has 4 aromatic rings. The summed E-state index contributed by atoms with van der Waals surface area (Å²) in [4.78, 5) is 58.9. The molecule has 1 aliphatic carbocycles. The van der Waals surface area contributed by atoms with Crippen LogP contribution in [0.15, 0.2) is 85.5 Å². The highest BCUT2D eigenvalue weighted by atomic mass is 16.5. The van der Waals surface area contributed by atoms with Crippen LogP contribution in [0.4, 0.5) is 5.69 Å². The number of benzene rings is 3. The van der Waals surface area contributed by atoms with Gasteiger partial charge in [0, 0.05) is 36.4 Å². The molecule has 238 valence electrons. The minimum absolute atomic E-state index is 0.0505. The molecule has 7 rings (SSSR count). The zero-order valence-electron chi connectivity index (χ0n) is 25.9. The van der Waals surface area contributed by atoms with Crippen LogP contribution < -0.4 is 20.1 Å². The summed E-state index contributed by atoms with van der Waals surface area (Å²) in [6, 6.07) is 20.4. The van der Waals surface area contributed by atoms with Crippen LogP contribution in [0.2, 0.25) is 0 Å². The van der Waals surface area contributed by atoms with E-state index < -0.39 is 29.7 Å². The predicted octanol–water partition coefficient (Wildman–Crippen LogP) is 5.02. The lowest BCUT2D eigenvalue weighted by Crippen LogP contribution is -2.54. The van der Waals surface area contributed by atoms with Crippen LogP contribution in [-0.4, -0.2) is 56.7 Å². The normalized spacial score (nSPS) is 20.7. The van der Waals surface area contributed by atoms with Gasteiger partial charge in [-0.1, -0.05) is 38.1 Å². The van der Waals surface area contributed by atoms with Crippen LogP contribution >= 0.6 is 0 Å². The Morgan fingerprint density at radius 1 is 0.809 bits per heavy atom. The number of nitrogens with one attached hydrogen (secondary N) is 2. The van der Waals surface area contributed by atoms with Crippen molar-refractivity contribution in [1.82, 2.24) is 20.2 Å². The molecule has 2 fully saturated rings. The molecule has 0 spiro atoms. The quantitative estimate of drug-likeness (QED) is 0.244. The maximum absolute atomic E-state index is 13.1. The van der Waals surface area contributed by atoms with Crippen LogP contribution in [0.25, 0.3) is 0 Å². The summed E-state index contributed by atoms with van der Waals surface area (Å²) in [6.07, 6.45) is 6.53. The maximum Gasteiger partial charge on any atom is 0.262 e. The van der Waals surface area contributed by atoms with E-state index in [0.29, 0.717) is 11.5 Å². The highest BCUT2D eigenvalue weighted by Gasteiger charge is 2.44. The number of rotatable bonds is 9. The Kier molecular flexibility index (Phi) is 7.67. The van der Waals surface area contributed by atoms with E-state index in [-0.39, 0.29) is 41.5 Å². The molecule has 3 aliphatic rings. The van der Waals surface area contributed by atoms with Gasteiger partial charge < -0.3 is 14.8 Å². The molecular weight excluding hydrogens is 598 g/mol. The van der Waals surface area contributed by atoms with Crippen molar-refractivity contribution in [2.24, 2.45) is 0 Å². The van der Waals surface area contributed by atoms with Crippen molar-refractivity contribution < 1.29 is 28.7 Å². The van der Waals surface area contributed by atoms with Gasteiger partial charge in [-0.3, -0.25) is 29.4 Å². The van der Waals surface area contributed by atoms with E-state index >= 15 is 0 Å². The topological polar surface area (TPSA) is 140 Å². The van der Waals surface area contributed by atoms with Gasteiger partial charge in [0.05, 0.1) is 23.5 Å². The Morgan fingerprint density at radius 2 is 1.45 bits per heavy atom. The van der Waals surface area contributed by atoms with E-state index in [1.807, 2.05) is 24.3 Å². The van der Waals surface area contributed by atoms with E-state index in [2.05, 4.69) is 58.7 Å². The lowest BCUT2D eigenvalue weighted by molar-refractivity contribution is -0.136. The molecule has 1 saturated carbocycles. The van der Waals surface area contributed by atoms with Crippen LogP contribution in [0.5, 0.6) is 17.2 Å². The number of amides is 4. The molecule has 2 aliphatic heterocycles. The Labute approximate surface area is 271 Å². The molecule has 11 nitrogen and oxygen atoms in total. The number of hydrogen-bond acceptors (Lipinski definition) is 9. The van der Waals surface area contributed by atoms with Gasteiger partial charge in [-0.2, -0.15) is 0 Å². The second-order valence-electron chi connectivity index (χ2n) is 12.6. The van der Waals surface area contributed by atoms with E-state index in [1.165, 1.54) is 6.33 Å². The first-order valence-corrected chi connectivity index (χ1v) is 15.6. The summed E-state index contributed by atoms with van der Waals surface area (Å²) in [7, 11) is 0. The van der Waals surface area contributed by atoms with E-state index in [9.17, 15) is 19.2 Å². The summed E-state index contributed by atoms with van der Waals surface area (Å²) >= 11 is 0. The Hall–Kier alpha value is -5.58. The van der Waals surface area contributed by atoms with Crippen molar-refractivity contribution >= 4 is 29.3 Å². The summed E-state index contributed by atoms with van der Waals surface area (Å²) < 4.78 is 12.1. The molecule has 3 heterocycles. The third-order valence-electron chi connectivity index (χ3n) is 9.13. The molecule has 1 atom stereocenters. The van der Waals surface area contributed by atoms with Gasteiger partial charge in [-0.05, 0) is 60.0 Å². The van der Waals surface area contributed by atoms with Crippen molar-refractivity contribution in [3.63, 3.8) is 0 Å². The number of imide groups is 2. The zero-order chi connectivity index (χ0) is 32.7. The first-order valence-electron chi connectivity index (χ1n) is 15.6. The number of anilines is 1. The molecule has 47 heavy (non-hydrogen) atoms. The van der Waals surface area contributed by atoms with Gasteiger partial charge in [0.1, 0.15) is 30.0 Å². The van der Waals surface area contributed by atoms with E-state index in [1.54, 1.807) is 30.6 Å². The molecule has 1 aromatic heterocycles. The number of nitrogens with zero attached hydrogens (tertiary/aromatic N) is 3. The van der Waals surface area contributed by atoms with Crippen LogP contribution in [0, 0.1) is 0 Å². The molecular formula is C36H33N5O6. The Balaban J connectivity index is 0.921. The summed E-state index contributed by atoms with van der Waals surface area (Å²) in [5.41, 5.74) is 3.31. The summed E-state index contributed by atoms with van der Waals surface area (Å²) in [6.45, 7) is 4.36. The molecule has 0 bridgehead atoms. The van der Waals surface area contributed by atoms with Gasteiger partial charge in [-0.15, -0.1) is 0 Å². The average Bonchev–Trinajstić information content (AvgIpc) is 3.29. The largest absolute Gasteiger partial charge is 0.490 e. The SMILES string of the molecule is CC(C)(c1ccc(Oc2cncnc2)cc1)c1ccc(O[C@H]2C[C@H](Nc3ccc4c(c3)C(=O)N(C3CCC(=O)NC3=O)C4=O)C2)cc1. The molecule has 4 amide bonds. The van der Waals surface area contributed by atoms with Gasteiger partial charge >= 0.3 is 0 Å². The molecule has 1 unspecified atom stereocenters. The van der Waals surface area contributed by atoms with E-state index in [0.717, 1.165) is 40.3 Å². The van der Waals surface area contributed by atoms with Crippen molar-refractivity contribution in [2.75, 3.05) is 5.32 Å². The first kappa shape index (κ1) is 30.1. The van der Waals surface area contributed by atoms with Crippen molar-refractivity contribution in [1.29, 1.82) is 0 Å². The monoisotopic (exact) mass is 631 g/mol. The van der Waals surface area contributed by atoms with Crippen molar-refractivity contribution in [2.45, 2.75) is 63.1 Å². The Bertz CT molecular complexity index is 1850. The number of carbonyl (C=O) groups excluding carboxylic acids is 4. The maximum atomic E-state index is 13.1. The average molecular weight is 632 g/mol. The molecule has 3 aromatic carbocycles. The van der Waals surface area contributed by atoms with Gasteiger partial charge in [0.25, 0.3) is 11.8 Å². The second-order valence-corrected chi connectivity index (χ2v) is 12.6. The predicted molar refractivity (Wildman–Crippen MR) is 171 cm³/mol. The second kappa shape index (κ2) is 12.0. The number of hydrogen-bond donors (Lipinski definition) is 2. The highest BCUT2D eigenvalue weighted by Crippen LogP contribution is 2.36. The highest BCUT2D eigenvalue weighted by molar-refractivity contribution is 6.23. The van der Waals surface area contributed by atoms with Gasteiger partial charge in [-0.25, -0.2) is 9.97 Å². The summed E-state index contributed by atoms with van der Waals surface area (Å²) in [5, 5.41) is 5.65. The fourth-order valence-electron chi connectivity index (χ4n) is 6.30. The van der Waals surface area contributed by atoms with Crippen LogP contribution in [0.1, 0.15) is 71.4 Å². The number of ether oxygens (including phenoxy) is 2. The number of fused-ring (bicyclic) bond motifs is 1. The molecule has 11 heteroatoms. The fourth-order valence-corrected chi connectivity index (χ4v) is 6.30. The lowest BCUT2D eigenvalue weighted by Gasteiger charge is -2.36. The Morgan fingerprint density at radius 3 is 2.11 bits per heavy atom. The van der Waals surface area contributed by atoms with Crippen molar-refractivity contribution in [3.05, 3.63) is 108 Å². The van der Waals surface area contributed by atoms with Gasteiger partial charge in [0.15, 0.2) is 5.75 Å². The molecule has 0 radical (unpaired) electrons. The molecule has 1 saturated heterocycles. The van der Waals surface area contributed by atoms with Crippen LogP contribution in [0.3, 0.4) is 0 Å². The first-order chi connectivity index (χ1) is 22.7. The minimum Gasteiger partial charge on any atom is -0.490 e. The number of aromatic nitrogens is 2.